The fourth-order valence-corrected chi connectivity index (χ4v) is 2.65. The van der Waals surface area contributed by atoms with E-state index in [0.29, 0.717) is 6.54 Å². The van der Waals surface area contributed by atoms with E-state index in [1.165, 1.54) is 7.11 Å². The van der Waals surface area contributed by atoms with E-state index in [0.717, 1.165) is 30.7 Å². The molecule has 0 aliphatic carbocycles. The number of carbonyl (C=O) groups is 3. The number of methoxy groups -OCH3 is 1. The van der Waals surface area contributed by atoms with Crippen LogP contribution in [-0.4, -0.2) is 67.2 Å². The van der Waals surface area contributed by atoms with Gasteiger partial charge in [0.25, 0.3) is 0 Å². The summed E-state index contributed by atoms with van der Waals surface area (Å²) in [5, 5.41) is 0. The molecule has 2 aliphatic heterocycles. The molecule has 0 bridgehead atoms. The number of likely N-dealkylation sites (tertiary alicyclic amines) is 1. The van der Waals surface area contributed by atoms with Gasteiger partial charge >= 0.3 is 12.1 Å². The van der Waals surface area contributed by atoms with Crippen molar-refractivity contribution >= 4 is 18.0 Å². The quantitative estimate of drug-likeness (QED) is 0.695. The first-order valence-electron chi connectivity index (χ1n) is 6.90. The van der Waals surface area contributed by atoms with Crippen molar-refractivity contribution in [2.45, 2.75) is 31.7 Å². The van der Waals surface area contributed by atoms with Gasteiger partial charge in [0.1, 0.15) is 6.61 Å². The Balaban J connectivity index is 1.92. The van der Waals surface area contributed by atoms with E-state index in [-0.39, 0.29) is 37.5 Å². The molecule has 0 aromatic heterocycles. The minimum Gasteiger partial charge on any atom is -0.469 e. The van der Waals surface area contributed by atoms with Crippen molar-refractivity contribution in [1.29, 1.82) is 0 Å². The fraction of sp³-hybridized carbons (Fsp3) is 0.769. The molecule has 1 atom stereocenters. The average molecular weight is 284 g/mol. The molecule has 0 aromatic carbocycles. The molecule has 0 aromatic rings. The molecule has 7 heteroatoms. The van der Waals surface area contributed by atoms with Crippen molar-refractivity contribution in [1.82, 2.24) is 9.80 Å². The predicted molar refractivity (Wildman–Crippen MR) is 68.9 cm³/mol. The number of rotatable bonds is 4. The topological polar surface area (TPSA) is 76.2 Å². The van der Waals surface area contributed by atoms with Crippen LogP contribution in [0, 0.1) is 0 Å². The first-order chi connectivity index (χ1) is 9.61. The lowest BCUT2D eigenvalue weighted by atomic mass is 9.99. The maximum Gasteiger partial charge on any atom is 0.416 e. The lowest BCUT2D eigenvalue weighted by Crippen LogP contribution is -2.47. The third-order valence-corrected chi connectivity index (χ3v) is 3.78. The Morgan fingerprint density at radius 2 is 2.15 bits per heavy atom. The maximum atomic E-state index is 12.1. The Bertz CT molecular complexity index is 398. The summed E-state index contributed by atoms with van der Waals surface area (Å²) in [5.41, 5.74) is 0. The second-order valence-corrected chi connectivity index (χ2v) is 5.06. The normalized spacial score (nSPS) is 23.6. The molecule has 0 saturated carbocycles. The number of esters is 1. The van der Waals surface area contributed by atoms with E-state index in [4.69, 9.17) is 4.74 Å². The van der Waals surface area contributed by atoms with Crippen molar-refractivity contribution in [3.05, 3.63) is 0 Å². The van der Waals surface area contributed by atoms with Crippen LogP contribution in [0.2, 0.25) is 0 Å². The first kappa shape index (κ1) is 14.8. The van der Waals surface area contributed by atoms with Gasteiger partial charge in [-0.25, -0.2) is 9.69 Å². The van der Waals surface area contributed by atoms with Crippen LogP contribution >= 0.6 is 0 Å². The molecule has 0 N–H and O–H groups in total. The van der Waals surface area contributed by atoms with Gasteiger partial charge in [-0.05, 0) is 19.4 Å². The van der Waals surface area contributed by atoms with Gasteiger partial charge in [0.15, 0.2) is 0 Å². The summed E-state index contributed by atoms with van der Waals surface area (Å²) in [4.78, 5) is 37.9. The molecule has 2 fully saturated rings. The van der Waals surface area contributed by atoms with Crippen molar-refractivity contribution < 1.29 is 23.9 Å². The molecule has 20 heavy (non-hydrogen) atoms. The monoisotopic (exact) mass is 284 g/mol. The van der Waals surface area contributed by atoms with Gasteiger partial charge in [-0.2, -0.15) is 0 Å². The highest BCUT2D eigenvalue weighted by molar-refractivity contribution is 5.94. The standard InChI is InChI=1S/C13H20N2O5/c1-19-12(17)8-10-4-2-3-5-14(10)9-11(16)15-6-7-20-13(15)18/h10H,2-9H2,1H3. The van der Waals surface area contributed by atoms with Crippen molar-refractivity contribution in [3.8, 4) is 0 Å². The van der Waals surface area contributed by atoms with Crippen LogP contribution in [0.3, 0.4) is 0 Å². The van der Waals surface area contributed by atoms with Gasteiger partial charge in [-0.1, -0.05) is 6.42 Å². The zero-order chi connectivity index (χ0) is 14.5. The summed E-state index contributed by atoms with van der Waals surface area (Å²) in [5.74, 6) is -0.529. The lowest BCUT2D eigenvalue weighted by Gasteiger charge is -2.35. The van der Waals surface area contributed by atoms with Gasteiger partial charge in [-0.15, -0.1) is 0 Å². The Morgan fingerprint density at radius 1 is 1.35 bits per heavy atom. The maximum absolute atomic E-state index is 12.1. The molecule has 0 radical (unpaired) electrons. The molecule has 1 unspecified atom stereocenters. The molecule has 2 aliphatic rings. The minimum absolute atomic E-state index is 0.0128. The van der Waals surface area contributed by atoms with Gasteiger partial charge in [-0.3, -0.25) is 14.5 Å². The molecule has 112 valence electrons. The van der Waals surface area contributed by atoms with Crippen molar-refractivity contribution in [2.75, 3.05) is 33.4 Å². The van der Waals surface area contributed by atoms with Gasteiger partial charge in [0.05, 0.1) is 26.6 Å². The van der Waals surface area contributed by atoms with E-state index in [1.54, 1.807) is 0 Å². The average Bonchev–Trinajstić information content (AvgIpc) is 2.87. The predicted octanol–water partition coefficient (Wildman–Crippen LogP) is 0.383. The number of hydrogen-bond acceptors (Lipinski definition) is 6. The number of ether oxygens (including phenoxy) is 2. The highest BCUT2D eigenvalue weighted by Crippen LogP contribution is 2.20. The largest absolute Gasteiger partial charge is 0.469 e. The van der Waals surface area contributed by atoms with E-state index < -0.39 is 6.09 Å². The summed E-state index contributed by atoms with van der Waals surface area (Å²) in [6.07, 6.45) is 2.62. The fourth-order valence-electron chi connectivity index (χ4n) is 2.65. The number of imide groups is 1. The van der Waals surface area contributed by atoms with Crippen LogP contribution in [0.1, 0.15) is 25.7 Å². The first-order valence-corrected chi connectivity index (χ1v) is 6.90. The highest BCUT2D eigenvalue weighted by Gasteiger charge is 2.32. The van der Waals surface area contributed by atoms with Crippen LogP contribution in [0.15, 0.2) is 0 Å². The van der Waals surface area contributed by atoms with E-state index >= 15 is 0 Å². The Kier molecular flexibility index (Phi) is 4.94. The number of amides is 2. The SMILES string of the molecule is COC(=O)CC1CCCCN1CC(=O)N1CCOC1=O. The minimum atomic E-state index is -0.573. The van der Waals surface area contributed by atoms with Crippen LogP contribution in [-0.2, 0) is 19.1 Å². The molecule has 7 nitrogen and oxygen atoms in total. The van der Waals surface area contributed by atoms with Crippen LogP contribution in [0.5, 0.6) is 0 Å². The van der Waals surface area contributed by atoms with Gasteiger partial charge in [0, 0.05) is 6.04 Å². The summed E-state index contributed by atoms with van der Waals surface area (Å²) in [6.45, 7) is 1.48. The highest BCUT2D eigenvalue weighted by atomic mass is 16.6. The molecule has 2 amide bonds. The molecule has 2 heterocycles. The molecule has 0 spiro atoms. The Labute approximate surface area is 117 Å². The van der Waals surface area contributed by atoms with E-state index in [2.05, 4.69) is 4.74 Å². The second-order valence-electron chi connectivity index (χ2n) is 5.06. The lowest BCUT2D eigenvalue weighted by molar-refractivity contribution is -0.143. The molecular formula is C13H20N2O5. The van der Waals surface area contributed by atoms with Gasteiger partial charge < -0.3 is 9.47 Å². The summed E-state index contributed by atoms with van der Waals surface area (Å²) in [7, 11) is 1.36. The summed E-state index contributed by atoms with van der Waals surface area (Å²) < 4.78 is 9.45. The van der Waals surface area contributed by atoms with Crippen LogP contribution < -0.4 is 0 Å². The Morgan fingerprint density at radius 3 is 2.80 bits per heavy atom. The molecule has 2 saturated heterocycles. The molecule has 2 rings (SSSR count). The van der Waals surface area contributed by atoms with E-state index in [1.807, 2.05) is 4.90 Å². The van der Waals surface area contributed by atoms with Crippen LogP contribution in [0.25, 0.3) is 0 Å². The summed E-state index contributed by atoms with van der Waals surface area (Å²) in [6, 6.07) is 0.0128. The zero-order valence-corrected chi connectivity index (χ0v) is 11.7. The number of hydrogen-bond donors (Lipinski definition) is 0. The number of carbonyl (C=O) groups excluding carboxylic acids is 3. The smallest absolute Gasteiger partial charge is 0.416 e. The van der Waals surface area contributed by atoms with Crippen molar-refractivity contribution in [2.24, 2.45) is 0 Å². The number of cyclic esters (lactones) is 1. The summed E-state index contributed by atoms with van der Waals surface area (Å²) >= 11 is 0. The second kappa shape index (κ2) is 6.69. The number of piperidine rings is 1. The zero-order valence-electron chi connectivity index (χ0n) is 11.7. The third-order valence-electron chi connectivity index (χ3n) is 3.78. The third kappa shape index (κ3) is 3.47. The number of nitrogens with zero attached hydrogens (tertiary/aromatic N) is 2. The van der Waals surface area contributed by atoms with E-state index in [9.17, 15) is 14.4 Å². The van der Waals surface area contributed by atoms with Crippen LogP contribution in [0.4, 0.5) is 4.79 Å². The van der Waals surface area contributed by atoms with Gasteiger partial charge in [0.2, 0.25) is 5.91 Å². The van der Waals surface area contributed by atoms with Crippen molar-refractivity contribution in [3.63, 3.8) is 0 Å². The molecular weight excluding hydrogens is 264 g/mol. The Hall–Kier alpha value is -1.63.